The molecule has 0 saturated carbocycles. The Labute approximate surface area is 245 Å². The molecule has 43 heavy (non-hydrogen) atoms. The SMILES string of the molecule is COCCn1c(Cc2ccc(-c3cccc(OCc4ccc(C)cc4OC(F)F)n3)cc2F)nc2ccc(C(=O)O)cc21. The van der Waals surface area contributed by atoms with Crippen LogP contribution in [-0.4, -0.2) is 45.9 Å². The lowest BCUT2D eigenvalue weighted by Crippen LogP contribution is -2.10. The van der Waals surface area contributed by atoms with E-state index >= 15 is 4.39 Å². The lowest BCUT2D eigenvalue weighted by molar-refractivity contribution is -0.0508. The molecule has 0 saturated heterocycles. The fourth-order valence-corrected chi connectivity index (χ4v) is 4.69. The van der Waals surface area contributed by atoms with E-state index in [1.807, 2.05) is 4.57 Å². The molecule has 0 aliphatic carbocycles. The number of aryl methyl sites for hydroxylation is 1. The second kappa shape index (κ2) is 13.0. The summed E-state index contributed by atoms with van der Waals surface area (Å²) in [6, 6.07) is 19.4. The van der Waals surface area contributed by atoms with Crippen LogP contribution in [0.15, 0.2) is 72.8 Å². The van der Waals surface area contributed by atoms with E-state index < -0.39 is 18.4 Å². The second-order valence-corrected chi connectivity index (χ2v) is 9.80. The van der Waals surface area contributed by atoms with Gasteiger partial charge >= 0.3 is 12.6 Å². The van der Waals surface area contributed by atoms with Crippen molar-refractivity contribution in [2.45, 2.75) is 33.1 Å². The molecule has 8 nitrogen and oxygen atoms in total. The summed E-state index contributed by atoms with van der Waals surface area (Å²) < 4.78 is 58.5. The topological polar surface area (TPSA) is 95.7 Å². The van der Waals surface area contributed by atoms with Gasteiger partial charge in [-0.1, -0.05) is 30.3 Å². The van der Waals surface area contributed by atoms with E-state index in [0.717, 1.165) is 5.56 Å². The minimum Gasteiger partial charge on any atom is -0.478 e. The van der Waals surface area contributed by atoms with Crippen molar-refractivity contribution in [3.63, 3.8) is 0 Å². The van der Waals surface area contributed by atoms with E-state index in [4.69, 9.17) is 9.47 Å². The molecule has 5 rings (SSSR count). The molecular formula is C32H28F3N3O5. The van der Waals surface area contributed by atoms with Crippen molar-refractivity contribution in [1.29, 1.82) is 0 Å². The Kier molecular flexibility index (Phi) is 8.91. The lowest BCUT2D eigenvalue weighted by Gasteiger charge is -2.13. The molecule has 0 radical (unpaired) electrons. The highest BCUT2D eigenvalue weighted by atomic mass is 19.3. The number of aromatic carboxylic acids is 1. The van der Waals surface area contributed by atoms with Gasteiger partial charge in [0.05, 0.1) is 28.9 Å². The van der Waals surface area contributed by atoms with Gasteiger partial charge in [-0.3, -0.25) is 0 Å². The van der Waals surface area contributed by atoms with Crippen molar-refractivity contribution in [1.82, 2.24) is 14.5 Å². The number of nitrogens with zero attached hydrogens (tertiary/aromatic N) is 3. The molecule has 0 atom stereocenters. The molecule has 2 heterocycles. The smallest absolute Gasteiger partial charge is 0.387 e. The average Bonchev–Trinajstić information content (AvgIpc) is 3.32. The van der Waals surface area contributed by atoms with Gasteiger partial charge in [0, 0.05) is 37.3 Å². The molecule has 3 aromatic carbocycles. The molecule has 0 aliphatic rings. The van der Waals surface area contributed by atoms with Crippen molar-refractivity contribution < 1.29 is 37.3 Å². The molecule has 2 aromatic heterocycles. The number of imidazole rings is 1. The number of hydrogen-bond acceptors (Lipinski definition) is 6. The summed E-state index contributed by atoms with van der Waals surface area (Å²) in [6.45, 7) is -0.461. The number of fused-ring (bicyclic) bond motifs is 1. The summed E-state index contributed by atoms with van der Waals surface area (Å²) in [5.74, 6) is -0.676. The van der Waals surface area contributed by atoms with E-state index in [-0.39, 0.29) is 30.2 Å². The molecule has 11 heteroatoms. The Morgan fingerprint density at radius 1 is 1.00 bits per heavy atom. The Morgan fingerprint density at radius 3 is 2.56 bits per heavy atom. The normalized spacial score (nSPS) is 11.3. The van der Waals surface area contributed by atoms with Crippen LogP contribution in [0.2, 0.25) is 0 Å². The van der Waals surface area contributed by atoms with Crippen LogP contribution < -0.4 is 9.47 Å². The van der Waals surface area contributed by atoms with Crippen LogP contribution >= 0.6 is 0 Å². The van der Waals surface area contributed by atoms with Gasteiger partial charge < -0.3 is 23.9 Å². The summed E-state index contributed by atoms with van der Waals surface area (Å²) in [4.78, 5) is 20.6. The van der Waals surface area contributed by atoms with Crippen molar-refractivity contribution >= 4 is 17.0 Å². The van der Waals surface area contributed by atoms with Crippen molar-refractivity contribution in [2.24, 2.45) is 0 Å². The van der Waals surface area contributed by atoms with Gasteiger partial charge in [-0.2, -0.15) is 8.78 Å². The van der Waals surface area contributed by atoms with Gasteiger partial charge in [-0.25, -0.2) is 19.2 Å². The first-order chi connectivity index (χ1) is 20.7. The largest absolute Gasteiger partial charge is 0.478 e. The van der Waals surface area contributed by atoms with Crippen molar-refractivity contribution in [3.8, 4) is 22.9 Å². The third kappa shape index (κ3) is 6.95. The molecule has 0 fully saturated rings. The second-order valence-electron chi connectivity index (χ2n) is 9.80. The number of carbonyl (C=O) groups is 1. The minimum absolute atomic E-state index is 0.0295. The molecule has 0 unspecified atom stereocenters. The quantitative estimate of drug-likeness (QED) is 0.173. The Hall–Kier alpha value is -4.90. The summed E-state index contributed by atoms with van der Waals surface area (Å²) in [7, 11) is 1.57. The number of carboxylic acid groups (broad SMARTS) is 1. The van der Waals surface area contributed by atoms with E-state index in [9.17, 15) is 18.7 Å². The van der Waals surface area contributed by atoms with Crippen LogP contribution in [0.1, 0.15) is 32.9 Å². The number of alkyl halides is 2. The van der Waals surface area contributed by atoms with E-state index in [0.29, 0.717) is 52.4 Å². The van der Waals surface area contributed by atoms with E-state index in [2.05, 4.69) is 14.7 Å². The number of hydrogen-bond donors (Lipinski definition) is 1. The van der Waals surface area contributed by atoms with Gasteiger partial charge in [0.15, 0.2) is 0 Å². The van der Waals surface area contributed by atoms with E-state index in [1.165, 1.54) is 18.2 Å². The minimum atomic E-state index is -2.96. The van der Waals surface area contributed by atoms with E-state index in [1.54, 1.807) is 68.6 Å². The Morgan fingerprint density at radius 2 is 1.81 bits per heavy atom. The first-order valence-electron chi connectivity index (χ1n) is 13.4. The summed E-state index contributed by atoms with van der Waals surface area (Å²) in [5, 5.41) is 9.41. The van der Waals surface area contributed by atoms with Crippen LogP contribution in [0, 0.1) is 12.7 Å². The maximum absolute atomic E-state index is 15.4. The maximum Gasteiger partial charge on any atom is 0.387 e. The predicted molar refractivity (Wildman–Crippen MR) is 153 cm³/mol. The Balaban J connectivity index is 1.36. The lowest BCUT2D eigenvalue weighted by atomic mass is 10.1. The van der Waals surface area contributed by atoms with Crippen LogP contribution in [0.4, 0.5) is 13.2 Å². The molecule has 5 aromatic rings. The summed E-state index contributed by atoms with van der Waals surface area (Å²) in [6.07, 6.45) is 0.170. The molecular weight excluding hydrogens is 563 g/mol. The molecule has 222 valence electrons. The standard InChI is InChI=1S/C32H28F3N3O5/c1-19-6-7-23(28(14-19)43-32(34)35)18-42-30-5-3-4-25(37-30)21-9-8-20(24(33)15-21)17-29-36-26-11-10-22(31(39)40)16-27(26)38(29)12-13-41-2/h3-11,14-16,32H,12-13,17-18H2,1-2H3,(H,39,40). The first kappa shape index (κ1) is 29.6. The first-order valence-corrected chi connectivity index (χ1v) is 13.4. The number of aromatic nitrogens is 3. The fourth-order valence-electron chi connectivity index (χ4n) is 4.69. The van der Waals surface area contributed by atoms with Crippen LogP contribution in [0.5, 0.6) is 11.6 Å². The fraction of sp³-hybridized carbons (Fsp3) is 0.219. The molecule has 0 aliphatic heterocycles. The summed E-state index contributed by atoms with van der Waals surface area (Å²) >= 11 is 0. The number of rotatable bonds is 12. The summed E-state index contributed by atoms with van der Waals surface area (Å²) in [5.41, 5.74) is 3.94. The van der Waals surface area contributed by atoms with Crippen LogP contribution in [-0.2, 0) is 24.3 Å². The van der Waals surface area contributed by atoms with Gasteiger partial charge in [0.25, 0.3) is 0 Å². The number of benzene rings is 3. The molecule has 1 N–H and O–H groups in total. The molecule has 0 spiro atoms. The van der Waals surface area contributed by atoms with Gasteiger partial charge in [0.1, 0.15) is 24.0 Å². The number of pyridine rings is 1. The van der Waals surface area contributed by atoms with Crippen molar-refractivity contribution in [3.05, 3.63) is 107 Å². The zero-order valence-corrected chi connectivity index (χ0v) is 23.4. The Bertz CT molecular complexity index is 1770. The third-order valence-electron chi connectivity index (χ3n) is 6.83. The number of methoxy groups -OCH3 is 1. The number of ether oxygens (including phenoxy) is 3. The number of halogens is 3. The van der Waals surface area contributed by atoms with Crippen LogP contribution in [0.3, 0.4) is 0 Å². The third-order valence-corrected chi connectivity index (χ3v) is 6.83. The average molecular weight is 592 g/mol. The highest BCUT2D eigenvalue weighted by Crippen LogP contribution is 2.27. The molecule has 0 bridgehead atoms. The monoisotopic (exact) mass is 591 g/mol. The van der Waals surface area contributed by atoms with Gasteiger partial charge in [-0.15, -0.1) is 0 Å². The van der Waals surface area contributed by atoms with Crippen molar-refractivity contribution in [2.75, 3.05) is 13.7 Å². The highest BCUT2D eigenvalue weighted by molar-refractivity contribution is 5.92. The maximum atomic E-state index is 15.4. The predicted octanol–water partition coefficient (Wildman–Crippen LogP) is 6.66. The number of carboxylic acids is 1. The van der Waals surface area contributed by atoms with Gasteiger partial charge in [0.2, 0.25) is 5.88 Å². The zero-order chi connectivity index (χ0) is 30.5. The van der Waals surface area contributed by atoms with Crippen LogP contribution in [0.25, 0.3) is 22.3 Å². The zero-order valence-electron chi connectivity index (χ0n) is 23.4. The highest BCUT2D eigenvalue weighted by Gasteiger charge is 2.17. The molecule has 0 amide bonds. The van der Waals surface area contributed by atoms with Gasteiger partial charge in [-0.05, 0) is 54.4 Å².